The van der Waals surface area contributed by atoms with E-state index in [1.165, 1.54) is 5.56 Å². The maximum absolute atomic E-state index is 11.7. The van der Waals surface area contributed by atoms with Gasteiger partial charge in [-0.15, -0.1) is 0 Å². The molecule has 0 saturated heterocycles. The summed E-state index contributed by atoms with van der Waals surface area (Å²) in [6, 6.07) is 6.42. The van der Waals surface area contributed by atoms with Gasteiger partial charge in [0.2, 0.25) is 0 Å². The first-order chi connectivity index (χ1) is 10.9. The van der Waals surface area contributed by atoms with Crippen molar-refractivity contribution >= 4 is 12.0 Å². The molecule has 23 heavy (non-hydrogen) atoms. The van der Waals surface area contributed by atoms with E-state index in [-0.39, 0.29) is 5.92 Å². The number of amides is 2. The zero-order chi connectivity index (χ0) is 17.2. The number of hydrogen-bond donors (Lipinski definition) is 3. The minimum Gasteiger partial charge on any atom is -0.494 e. The normalized spacial score (nSPS) is 11.8. The summed E-state index contributed by atoms with van der Waals surface area (Å²) in [5, 5.41) is 14.2. The Labute approximate surface area is 137 Å². The van der Waals surface area contributed by atoms with E-state index in [9.17, 15) is 9.59 Å². The first-order valence-electron chi connectivity index (χ1n) is 7.85. The topological polar surface area (TPSA) is 87.7 Å². The predicted octanol–water partition coefficient (Wildman–Crippen LogP) is 2.56. The van der Waals surface area contributed by atoms with Crippen LogP contribution in [-0.2, 0) is 4.79 Å². The van der Waals surface area contributed by atoms with Crippen LogP contribution in [0.3, 0.4) is 0 Å². The molecule has 0 aliphatic rings. The Morgan fingerprint density at radius 2 is 1.87 bits per heavy atom. The standard InChI is InChI=1S/C17H26N2O4/c1-12(2)11-15(16(20)21)19-17(22)18-9-4-10-23-14-7-5-13(3)6-8-14/h5-8,12,15H,4,9-11H2,1-3H3,(H,20,21)(H2,18,19,22). The highest BCUT2D eigenvalue weighted by Gasteiger charge is 2.20. The third-order valence-corrected chi connectivity index (χ3v) is 3.21. The lowest BCUT2D eigenvalue weighted by molar-refractivity contribution is -0.139. The number of hydrogen-bond acceptors (Lipinski definition) is 3. The molecular formula is C17H26N2O4. The molecule has 0 fully saturated rings. The Morgan fingerprint density at radius 3 is 2.43 bits per heavy atom. The molecule has 6 nitrogen and oxygen atoms in total. The number of benzene rings is 1. The molecule has 0 aliphatic heterocycles. The summed E-state index contributed by atoms with van der Waals surface area (Å²) in [4.78, 5) is 22.7. The maximum atomic E-state index is 11.7. The highest BCUT2D eigenvalue weighted by molar-refractivity contribution is 5.82. The van der Waals surface area contributed by atoms with Gasteiger partial charge in [-0.1, -0.05) is 31.5 Å². The van der Waals surface area contributed by atoms with E-state index in [0.29, 0.717) is 26.0 Å². The van der Waals surface area contributed by atoms with E-state index in [1.807, 2.05) is 45.0 Å². The summed E-state index contributed by atoms with van der Waals surface area (Å²) in [5.41, 5.74) is 1.17. The molecule has 0 saturated carbocycles. The minimum atomic E-state index is -1.02. The molecule has 1 unspecified atom stereocenters. The van der Waals surface area contributed by atoms with Gasteiger partial charge < -0.3 is 20.5 Å². The summed E-state index contributed by atoms with van der Waals surface area (Å²) < 4.78 is 5.55. The molecule has 0 aliphatic carbocycles. The van der Waals surface area contributed by atoms with Crippen molar-refractivity contribution in [3.63, 3.8) is 0 Å². The Kier molecular flexibility index (Phi) is 7.94. The van der Waals surface area contributed by atoms with Crippen LogP contribution in [-0.4, -0.2) is 36.3 Å². The largest absolute Gasteiger partial charge is 0.494 e. The van der Waals surface area contributed by atoms with Crippen LogP contribution in [0.1, 0.15) is 32.3 Å². The monoisotopic (exact) mass is 322 g/mol. The van der Waals surface area contributed by atoms with Gasteiger partial charge in [-0.3, -0.25) is 0 Å². The summed E-state index contributed by atoms with van der Waals surface area (Å²) in [7, 11) is 0. The average Bonchev–Trinajstić information content (AvgIpc) is 2.47. The molecule has 3 N–H and O–H groups in total. The molecule has 0 spiro atoms. The number of aryl methyl sites for hydroxylation is 1. The zero-order valence-electron chi connectivity index (χ0n) is 14.0. The van der Waals surface area contributed by atoms with Gasteiger partial charge in [0.25, 0.3) is 0 Å². The molecule has 6 heteroatoms. The highest BCUT2D eigenvalue weighted by atomic mass is 16.5. The Morgan fingerprint density at radius 1 is 1.22 bits per heavy atom. The first kappa shape index (κ1) is 18.8. The van der Waals surface area contributed by atoms with Crippen molar-refractivity contribution in [1.82, 2.24) is 10.6 Å². The van der Waals surface area contributed by atoms with Gasteiger partial charge in [0.1, 0.15) is 11.8 Å². The van der Waals surface area contributed by atoms with Crippen molar-refractivity contribution in [2.45, 2.75) is 39.7 Å². The lowest BCUT2D eigenvalue weighted by Crippen LogP contribution is -2.46. The Bertz CT molecular complexity index is 500. The number of carbonyl (C=O) groups is 2. The van der Waals surface area contributed by atoms with Gasteiger partial charge in [-0.25, -0.2) is 9.59 Å². The van der Waals surface area contributed by atoms with E-state index < -0.39 is 18.0 Å². The molecule has 1 aromatic rings. The van der Waals surface area contributed by atoms with E-state index in [0.717, 1.165) is 5.75 Å². The van der Waals surface area contributed by atoms with Crippen molar-refractivity contribution in [1.29, 1.82) is 0 Å². The number of rotatable bonds is 9. The van der Waals surface area contributed by atoms with Crippen LogP contribution in [0.25, 0.3) is 0 Å². The second kappa shape index (κ2) is 9.71. The summed E-state index contributed by atoms with van der Waals surface area (Å²) in [5.74, 6) is -0.0289. The second-order valence-corrected chi connectivity index (χ2v) is 5.94. The van der Waals surface area contributed by atoms with Crippen molar-refractivity contribution in [3.05, 3.63) is 29.8 Å². The van der Waals surface area contributed by atoms with Crippen LogP contribution >= 0.6 is 0 Å². The lowest BCUT2D eigenvalue weighted by Gasteiger charge is -2.17. The molecule has 1 rings (SSSR count). The van der Waals surface area contributed by atoms with Gasteiger partial charge in [-0.2, -0.15) is 0 Å². The number of carbonyl (C=O) groups excluding carboxylic acids is 1. The third kappa shape index (κ3) is 8.09. The van der Waals surface area contributed by atoms with E-state index >= 15 is 0 Å². The number of carboxylic acids is 1. The fourth-order valence-electron chi connectivity index (χ4n) is 2.00. The zero-order valence-corrected chi connectivity index (χ0v) is 14.0. The first-order valence-corrected chi connectivity index (χ1v) is 7.85. The fraction of sp³-hybridized carbons (Fsp3) is 0.529. The quantitative estimate of drug-likeness (QED) is 0.610. The van der Waals surface area contributed by atoms with E-state index in [2.05, 4.69) is 10.6 Å². The molecular weight excluding hydrogens is 296 g/mol. The van der Waals surface area contributed by atoms with Crippen LogP contribution in [0, 0.1) is 12.8 Å². The lowest BCUT2D eigenvalue weighted by atomic mass is 10.0. The highest BCUT2D eigenvalue weighted by Crippen LogP contribution is 2.11. The van der Waals surface area contributed by atoms with Crippen LogP contribution < -0.4 is 15.4 Å². The molecule has 0 bridgehead atoms. The van der Waals surface area contributed by atoms with Crippen LogP contribution in [0.2, 0.25) is 0 Å². The van der Waals surface area contributed by atoms with E-state index in [4.69, 9.17) is 9.84 Å². The molecule has 1 aromatic carbocycles. The van der Waals surface area contributed by atoms with Gasteiger partial charge >= 0.3 is 12.0 Å². The molecule has 128 valence electrons. The Balaban J connectivity index is 2.20. The summed E-state index contributed by atoms with van der Waals surface area (Å²) >= 11 is 0. The summed E-state index contributed by atoms with van der Waals surface area (Å²) in [6.07, 6.45) is 1.04. The fourth-order valence-corrected chi connectivity index (χ4v) is 2.00. The third-order valence-electron chi connectivity index (χ3n) is 3.21. The van der Waals surface area contributed by atoms with Gasteiger partial charge in [0.05, 0.1) is 6.61 Å². The molecule has 2 amide bonds. The smallest absolute Gasteiger partial charge is 0.326 e. The van der Waals surface area contributed by atoms with Gasteiger partial charge in [0.15, 0.2) is 0 Å². The minimum absolute atomic E-state index is 0.194. The maximum Gasteiger partial charge on any atom is 0.326 e. The van der Waals surface area contributed by atoms with Gasteiger partial charge in [0, 0.05) is 6.54 Å². The molecule has 1 atom stereocenters. The Hall–Kier alpha value is -2.24. The number of carboxylic acid groups (broad SMARTS) is 1. The summed E-state index contributed by atoms with van der Waals surface area (Å²) in [6.45, 7) is 6.75. The predicted molar refractivity (Wildman–Crippen MR) is 88.7 cm³/mol. The number of ether oxygens (including phenoxy) is 1. The molecule has 0 radical (unpaired) electrons. The number of nitrogens with one attached hydrogen (secondary N) is 2. The van der Waals surface area contributed by atoms with Crippen molar-refractivity contribution < 1.29 is 19.4 Å². The molecule has 0 heterocycles. The van der Waals surface area contributed by atoms with Crippen molar-refractivity contribution in [2.75, 3.05) is 13.2 Å². The van der Waals surface area contributed by atoms with Crippen LogP contribution in [0.5, 0.6) is 5.75 Å². The molecule has 0 aromatic heterocycles. The number of aliphatic carboxylic acids is 1. The second-order valence-electron chi connectivity index (χ2n) is 5.94. The van der Waals surface area contributed by atoms with Crippen LogP contribution in [0.4, 0.5) is 4.79 Å². The van der Waals surface area contributed by atoms with Crippen molar-refractivity contribution in [3.8, 4) is 5.75 Å². The van der Waals surface area contributed by atoms with Crippen LogP contribution in [0.15, 0.2) is 24.3 Å². The average molecular weight is 322 g/mol. The van der Waals surface area contributed by atoms with Gasteiger partial charge in [-0.05, 0) is 37.8 Å². The SMILES string of the molecule is Cc1ccc(OCCCNC(=O)NC(CC(C)C)C(=O)O)cc1. The van der Waals surface area contributed by atoms with E-state index in [1.54, 1.807) is 0 Å². The number of urea groups is 1. The van der Waals surface area contributed by atoms with Crippen molar-refractivity contribution in [2.24, 2.45) is 5.92 Å².